The van der Waals surface area contributed by atoms with E-state index in [9.17, 15) is 13.0 Å². The Hall–Kier alpha value is -3.19. The highest BCUT2D eigenvalue weighted by atomic mass is 35.5. The molecule has 6 aromatic rings. The molecule has 14 heteroatoms. The van der Waals surface area contributed by atoms with E-state index < -0.39 is 10.1 Å². The van der Waals surface area contributed by atoms with E-state index in [0.717, 1.165) is 126 Å². The average Bonchev–Trinajstić information content (AvgIpc) is 3.90. The van der Waals surface area contributed by atoms with E-state index in [1.54, 1.807) is 40.3 Å². The summed E-state index contributed by atoms with van der Waals surface area (Å²) < 4.78 is 37.8. The van der Waals surface area contributed by atoms with Crippen LogP contribution >= 0.6 is 69.1 Å². The van der Waals surface area contributed by atoms with Crippen LogP contribution in [0, 0.1) is 0 Å². The lowest BCUT2D eigenvalue weighted by atomic mass is 10.1. The van der Waals surface area contributed by atoms with Crippen molar-refractivity contribution in [1.82, 2.24) is 19.6 Å². The molecule has 4 aromatic heterocycles. The van der Waals surface area contributed by atoms with Crippen LogP contribution in [0.15, 0.2) is 70.3 Å². The fourth-order valence-electron chi connectivity index (χ4n) is 7.65. The van der Waals surface area contributed by atoms with Crippen LogP contribution in [0.2, 0.25) is 20.1 Å². The number of benzene rings is 2. The van der Waals surface area contributed by atoms with Gasteiger partial charge < -0.3 is 0 Å². The third-order valence-corrected chi connectivity index (χ3v) is 14.8. The molecule has 7 nitrogen and oxygen atoms in total. The number of thiophene rings is 2. The molecule has 56 heavy (non-hydrogen) atoms. The third-order valence-electron chi connectivity index (χ3n) is 10.3. The molecule has 2 aliphatic carbocycles. The second kappa shape index (κ2) is 17.0. The lowest BCUT2D eigenvalue weighted by molar-refractivity contribution is 0.485. The molecule has 2 aliphatic rings. The Labute approximate surface area is 355 Å². The van der Waals surface area contributed by atoms with E-state index in [1.165, 1.54) is 16.0 Å². The molecular formula is C42H38Cl4N4O3S3. The van der Waals surface area contributed by atoms with Gasteiger partial charge in [-0.15, -0.1) is 22.7 Å². The van der Waals surface area contributed by atoms with Crippen molar-refractivity contribution in [3.63, 3.8) is 0 Å². The van der Waals surface area contributed by atoms with Crippen molar-refractivity contribution in [3.05, 3.63) is 120 Å². The number of fused-ring (bicyclic) bond motifs is 6. The molecule has 0 amide bonds. The Bertz CT molecular complexity index is 2600. The Kier molecular flexibility index (Phi) is 12.0. The van der Waals surface area contributed by atoms with Gasteiger partial charge in [0.2, 0.25) is 0 Å². The van der Waals surface area contributed by atoms with Gasteiger partial charge in [-0.25, -0.2) is 9.36 Å². The Morgan fingerprint density at radius 3 is 1.75 bits per heavy atom. The smallest absolute Gasteiger partial charge is 0.281 e. The summed E-state index contributed by atoms with van der Waals surface area (Å²) >= 11 is 28.7. The predicted octanol–water partition coefficient (Wildman–Crippen LogP) is 13.4. The second-order valence-corrected chi connectivity index (χ2v) is 19.4. The van der Waals surface area contributed by atoms with E-state index in [-0.39, 0.29) is 4.21 Å². The quantitative estimate of drug-likeness (QED) is 0.0976. The summed E-state index contributed by atoms with van der Waals surface area (Å²) in [6, 6.07) is 14.7. The van der Waals surface area contributed by atoms with Gasteiger partial charge in [-0.1, -0.05) is 71.4 Å². The van der Waals surface area contributed by atoms with Gasteiger partial charge in [-0.3, -0.25) is 4.55 Å². The van der Waals surface area contributed by atoms with Crippen molar-refractivity contribution < 1.29 is 13.0 Å². The minimum absolute atomic E-state index is 0.0697. The topological polar surface area (TPSA) is 90.0 Å². The lowest BCUT2D eigenvalue weighted by Crippen LogP contribution is -2.00. The summed E-state index contributed by atoms with van der Waals surface area (Å²) in [5, 5.41) is 14.4. The first kappa shape index (κ1) is 39.6. The average molecular weight is 885 g/mol. The predicted molar refractivity (Wildman–Crippen MR) is 233 cm³/mol. The van der Waals surface area contributed by atoms with Crippen LogP contribution in [0.4, 0.5) is 0 Å². The van der Waals surface area contributed by atoms with Crippen molar-refractivity contribution in [2.75, 3.05) is 0 Å². The summed E-state index contributed by atoms with van der Waals surface area (Å²) in [4.78, 5) is 2.05. The number of nitrogens with zero attached hydrogens (tertiary/aromatic N) is 4. The highest BCUT2D eigenvalue weighted by Crippen LogP contribution is 2.44. The number of hydrogen-bond donors (Lipinski definition) is 1. The molecule has 0 bridgehead atoms. The van der Waals surface area contributed by atoms with E-state index in [2.05, 4.69) is 35.8 Å². The summed E-state index contributed by atoms with van der Waals surface area (Å²) in [6.45, 7) is 0. The highest BCUT2D eigenvalue weighted by molar-refractivity contribution is 7.88. The zero-order valence-electron chi connectivity index (χ0n) is 30.3. The van der Waals surface area contributed by atoms with E-state index in [4.69, 9.17) is 56.6 Å². The third kappa shape index (κ3) is 8.22. The van der Waals surface area contributed by atoms with Crippen LogP contribution in [-0.4, -0.2) is 32.5 Å². The number of aromatic nitrogens is 4. The van der Waals surface area contributed by atoms with E-state index in [0.29, 0.717) is 32.2 Å². The second-order valence-electron chi connectivity index (χ2n) is 14.1. The molecule has 0 aliphatic heterocycles. The molecule has 0 unspecified atom stereocenters. The Balaban J connectivity index is 0.922. The summed E-state index contributed by atoms with van der Waals surface area (Å²) in [5.41, 5.74) is 9.83. The lowest BCUT2D eigenvalue weighted by Gasteiger charge is -2.10. The number of halogens is 4. The molecule has 0 fully saturated rings. The first-order valence-corrected chi connectivity index (χ1v) is 23.4. The van der Waals surface area contributed by atoms with Gasteiger partial charge in [0, 0.05) is 21.2 Å². The summed E-state index contributed by atoms with van der Waals surface area (Å²) in [6.07, 6.45) is 20.4. The van der Waals surface area contributed by atoms with Gasteiger partial charge in [0.1, 0.15) is 4.21 Å². The highest BCUT2D eigenvalue weighted by Gasteiger charge is 2.29. The minimum Gasteiger partial charge on any atom is -0.281 e. The van der Waals surface area contributed by atoms with E-state index >= 15 is 0 Å². The molecule has 0 atom stereocenters. The number of hydrogen-bond acceptors (Lipinski definition) is 6. The van der Waals surface area contributed by atoms with Gasteiger partial charge in [0.15, 0.2) is 0 Å². The molecule has 290 valence electrons. The molecular weight excluding hydrogens is 846 g/mol. The fourth-order valence-corrected chi connectivity index (χ4v) is 11.6. The van der Waals surface area contributed by atoms with Crippen molar-refractivity contribution in [2.24, 2.45) is 0 Å². The van der Waals surface area contributed by atoms with Gasteiger partial charge in [-0.05, 0) is 141 Å². The van der Waals surface area contributed by atoms with Crippen LogP contribution < -0.4 is 0 Å². The largest absolute Gasteiger partial charge is 0.304 e. The molecule has 0 radical (unpaired) electrons. The van der Waals surface area contributed by atoms with Crippen molar-refractivity contribution >= 4 is 91.3 Å². The number of rotatable bonds is 12. The number of allylic oxidation sites excluding steroid dienone is 2. The normalized spacial score (nSPS) is 14.2. The van der Waals surface area contributed by atoms with Crippen LogP contribution in [0.1, 0.15) is 85.0 Å². The van der Waals surface area contributed by atoms with Crippen LogP contribution in [0.5, 0.6) is 0 Å². The Morgan fingerprint density at radius 1 is 0.679 bits per heavy atom. The summed E-state index contributed by atoms with van der Waals surface area (Å²) in [5.74, 6) is 0. The molecule has 1 N–H and O–H groups in total. The minimum atomic E-state index is -4.35. The molecule has 4 heterocycles. The van der Waals surface area contributed by atoms with E-state index in [1.807, 2.05) is 22.9 Å². The monoisotopic (exact) mass is 882 g/mol. The zero-order valence-corrected chi connectivity index (χ0v) is 35.8. The molecule has 0 saturated carbocycles. The zero-order chi connectivity index (χ0) is 39.0. The molecule has 0 saturated heterocycles. The van der Waals surface area contributed by atoms with Gasteiger partial charge >= 0.3 is 10.1 Å². The van der Waals surface area contributed by atoms with Crippen LogP contribution in [0.3, 0.4) is 0 Å². The van der Waals surface area contributed by atoms with Crippen LogP contribution in [0.25, 0.3) is 44.7 Å². The standard InChI is InChI=1S/C42H38Cl4N4O3S3/c43-28-17-19-36(32(45)24-28)49-39-30(13-9-11-26-21-22-54-41(26)39)34(47-49)15-7-5-3-1-2-4-6-8-16-35-31-14-10-12-27-23-38(56(51,52)53)55-42(27)40(31)50(48-35)37-20-18-29(44)25-33(37)46/h7-8,15-25H,1-6,9-14H2,(H,51,52,53). The Morgan fingerprint density at radius 2 is 1.21 bits per heavy atom. The van der Waals surface area contributed by atoms with Crippen molar-refractivity contribution in [1.29, 1.82) is 0 Å². The fraction of sp³-hybridized carbons (Fsp3) is 0.286. The van der Waals surface area contributed by atoms with Gasteiger partial charge in [0.05, 0.1) is 54.0 Å². The summed E-state index contributed by atoms with van der Waals surface area (Å²) in [7, 11) is -4.35. The van der Waals surface area contributed by atoms with Crippen molar-refractivity contribution in [3.8, 4) is 32.5 Å². The molecule has 2 aromatic carbocycles. The number of unbranched alkanes of at least 4 members (excludes halogenated alkanes) is 5. The molecule has 0 spiro atoms. The maximum atomic E-state index is 12.1. The van der Waals surface area contributed by atoms with Crippen LogP contribution in [-0.2, 0) is 35.8 Å². The maximum Gasteiger partial charge on any atom is 0.304 e. The molecule has 8 rings (SSSR count). The van der Waals surface area contributed by atoms with Gasteiger partial charge in [0.25, 0.3) is 0 Å². The van der Waals surface area contributed by atoms with Gasteiger partial charge in [-0.2, -0.15) is 18.6 Å². The van der Waals surface area contributed by atoms with Crippen molar-refractivity contribution in [2.45, 2.75) is 81.3 Å². The first-order valence-electron chi connectivity index (χ1n) is 18.7. The first-order chi connectivity index (χ1) is 27.1. The number of aryl methyl sites for hydroxylation is 2. The SMILES string of the molecule is O=S(=O)(O)c1cc2c(s1)-c1c(c(C=CCCCCCCC=Cc3nn(-c4ccc(Cl)cc4Cl)c4c3CCCc3ccsc3-4)nn1-c1ccc(Cl)cc1Cl)CCC2. The maximum absolute atomic E-state index is 12.1.